The van der Waals surface area contributed by atoms with Crippen molar-refractivity contribution in [3.05, 3.63) is 0 Å². The normalized spacial score (nSPS) is 40.5. The molecule has 0 aromatic rings. The van der Waals surface area contributed by atoms with Gasteiger partial charge in [0.15, 0.2) is 23.7 Å². The first-order valence-electron chi connectivity index (χ1n) is 6.96. The van der Waals surface area contributed by atoms with E-state index in [1.165, 1.54) is 11.8 Å². The van der Waals surface area contributed by atoms with Crippen LogP contribution in [0.2, 0.25) is 0 Å². The van der Waals surface area contributed by atoms with Crippen LogP contribution in [0.25, 0.3) is 0 Å². The standard InChI is InChI=1S/C10H19N7O6S/c1-3-6(23-24(13,21)22)10(19,20)9-5(15-7(11)16-9)4(2-18)14-8(12)17(3)9/h3-6,18-20H,2H2,1H3,(H2,12,14)(H3,11,15,16)(H2,13,21,22)/t3-,4-,5?,6-,9-/m0/s1. The maximum Gasteiger partial charge on any atom is 0.333 e. The lowest BCUT2D eigenvalue weighted by atomic mass is 9.86. The van der Waals surface area contributed by atoms with Gasteiger partial charge >= 0.3 is 10.3 Å². The molecule has 14 heteroatoms. The molecule has 3 aliphatic heterocycles. The summed E-state index contributed by atoms with van der Waals surface area (Å²) in [6.45, 7) is 0.950. The lowest BCUT2D eigenvalue weighted by Crippen LogP contribution is -2.77. The van der Waals surface area contributed by atoms with Crippen LogP contribution in [0.15, 0.2) is 9.98 Å². The van der Waals surface area contributed by atoms with Crippen molar-refractivity contribution < 1.29 is 27.9 Å². The van der Waals surface area contributed by atoms with Gasteiger partial charge in [-0.1, -0.05) is 0 Å². The number of hydrogen-bond acceptors (Lipinski definition) is 12. The van der Waals surface area contributed by atoms with Crippen LogP contribution in [-0.2, 0) is 14.5 Å². The average molecular weight is 365 g/mol. The van der Waals surface area contributed by atoms with Crippen LogP contribution in [0, 0.1) is 0 Å². The van der Waals surface area contributed by atoms with Crippen LogP contribution in [-0.4, -0.2) is 82.8 Å². The predicted octanol–water partition coefficient (Wildman–Crippen LogP) is -5.37. The zero-order valence-electron chi connectivity index (χ0n) is 12.6. The lowest BCUT2D eigenvalue weighted by Gasteiger charge is -2.49. The van der Waals surface area contributed by atoms with Crippen LogP contribution < -0.4 is 21.9 Å². The first-order chi connectivity index (χ1) is 11.0. The molecule has 1 unspecified atom stereocenters. The largest absolute Gasteiger partial charge is 0.394 e. The molecule has 0 radical (unpaired) electrons. The van der Waals surface area contributed by atoms with E-state index < -0.39 is 52.6 Å². The fraction of sp³-hybridized carbons (Fsp3) is 0.800. The first kappa shape index (κ1) is 17.1. The Kier molecular flexibility index (Phi) is 3.50. The van der Waals surface area contributed by atoms with Gasteiger partial charge < -0.3 is 37.0 Å². The molecule has 0 bridgehead atoms. The van der Waals surface area contributed by atoms with E-state index in [0.29, 0.717) is 0 Å². The summed E-state index contributed by atoms with van der Waals surface area (Å²) in [5, 5.41) is 38.6. The van der Waals surface area contributed by atoms with Crippen LogP contribution in [0.4, 0.5) is 0 Å². The molecule has 24 heavy (non-hydrogen) atoms. The summed E-state index contributed by atoms with van der Waals surface area (Å²) in [4.78, 5) is 9.35. The van der Waals surface area contributed by atoms with Gasteiger partial charge in [0.2, 0.25) is 5.79 Å². The van der Waals surface area contributed by atoms with Crippen LogP contribution in [0.3, 0.4) is 0 Å². The molecular weight excluding hydrogens is 346 g/mol. The quantitative estimate of drug-likeness (QED) is 0.235. The van der Waals surface area contributed by atoms with Crippen molar-refractivity contribution in [2.75, 3.05) is 6.61 Å². The van der Waals surface area contributed by atoms with Gasteiger partial charge in [0.25, 0.3) is 0 Å². The van der Waals surface area contributed by atoms with Gasteiger partial charge in [-0.25, -0.2) is 19.3 Å². The van der Waals surface area contributed by atoms with E-state index in [0.717, 1.165) is 0 Å². The highest BCUT2D eigenvalue weighted by molar-refractivity contribution is 7.84. The number of aliphatic imine (C=N–C) groups is 2. The van der Waals surface area contributed by atoms with Crippen molar-refractivity contribution in [3.63, 3.8) is 0 Å². The highest BCUT2D eigenvalue weighted by Crippen LogP contribution is 2.48. The predicted molar refractivity (Wildman–Crippen MR) is 80.2 cm³/mol. The molecule has 0 aromatic carbocycles. The van der Waals surface area contributed by atoms with Gasteiger partial charge in [0, 0.05) is 0 Å². The lowest BCUT2D eigenvalue weighted by molar-refractivity contribution is -0.252. The van der Waals surface area contributed by atoms with E-state index in [1.54, 1.807) is 0 Å². The highest BCUT2D eigenvalue weighted by Gasteiger charge is 2.76. The second-order valence-corrected chi connectivity index (χ2v) is 7.11. The highest BCUT2D eigenvalue weighted by atomic mass is 32.2. The molecule has 136 valence electrons. The van der Waals surface area contributed by atoms with Crippen molar-refractivity contribution in [3.8, 4) is 0 Å². The van der Waals surface area contributed by atoms with Crippen LogP contribution >= 0.6 is 0 Å². The number of nitrogens with one attached hydrogen (secondary N) is 1. The summed E-state index contributed by atoms with van der Waals surface area (Å²) in [5.41, 5.74) is 9.70. The van der Waals surface area contributed by atoms with E-state index in [-0.39, 0.29) is 11.9 Å². The molecule has 3 heterocycles. The third kappa shape index (κ3) is 2.01. The van der Waals surface area contributed by atoms with Crippen molar-refractivity contribution in [1.82, 2.24) is 10.2 Å². The zero-order chi connectivity index (χ0) is 18.1. The second-order valence-electron chi connectivity index (χ2n) is 5.93. The van der Waals surface area contributed by atoms with Gasteiger partial charge in [0.05, 0.1) is 12.6 Å². The number of hydrogen-bond donors (Lipinski definition) is 7. The summed E-state index contributed by atoms with van der Waals surface area (Å²) in [6, 6.07) is -2.95. The number of aliphatic hydroxyl groups is 3. The van der Waals surface area contributed by atoms with Crippen molar-refractivity contribution in [1.29, 1.82) is 0 Å². The van der Waals surface area contributed by atoms with Gasteiger partial charge in [-0.3, -0.25) is 0 Å². The first-order valence-corrected chi connectivity index (χ1v) is 8.43. The number of guanidine groups is 2. The van der Waals surface area contributed by atoms with Crippen LogP contribution in [0.1, 0.15) is 6.92 Å². The SMILES string of the molecule is C[C@H]1[C@H](OS(N)(=O)=O)C(O)(O)[C@]23NC(N)=NC2[C@H](CO)N=C(N)N13. The maximum absolute atomic E-state index is 11.3. The minimum Gasteiger partial charge on any atom is -0.394 e. The summed E-state index contributed by atoms with van der Waals surface area (Å²) in [6.07, 6.45) is -1.71. The topological polar surface area (TPSA) is 222 Å². The maximum atomic E-state index is 11.3. The summed E-state index contributed by atoms with van der Waals surface area (Å²) >= 11 is 0. The fourth-order valence-electron chi connectivity index (χ4n) is 3.73. The third-order valence-corrected chi connectivity index (χ3v) is 5.02. The molecule has 1 saturated heterocycles. The number of aliphatic hydroxyl groups excluding tert-OH is 1. The minimum absolute atomic E-state index is 0.149. The Morgan fingerprint density at radius 2 is 2.00 bits per heavy atom. The Morgan fingerprint density at radius 3 is 2.54 bits per heavy atom. The Balaban J connectivity index is 2.18. The molecule has 0 aromatic heterocycles. The molecule has 1 spiro atoms. The van der Waals surface area contributed by atoms with E-state index in [9.17, 15) is 23.7 Å². The van der Waals surface area contributed by atoms with E-state index >= 15 is 0 Å². The third-order valence-electron chi connectivity index (χ3n) is 4.54. The molecule has 0 amide bonds. The molecule has 3 rings (SSSR count). The van der Waals surface area contributed by atoms with E-state index in [4.69, 9.17) is 16.6 Å². The number of nitrogens with two attached hydrogens (primary N) is 3. The second kappa shape index (κ2) is 4.90. The monoisotopic (exact) mass is 365 g/mol. The molecule has 3 aliphatic rings. The van der Waals surface area contributed by atoms with Crippen molar-refractivity contribution in [2.45, 2.75) is 42.6 Å². The van der Waals surface area contributed by atoms with Gasteiger partial charge in [-0.15, -0.1) is 0 Å². The smallest absolute Gasteiger partial charge is 0.333 e. The molecule has 10 N–H and O–H groups in total. The van der Waals surface area contributed by atoms with Gasteiger partial charge in [0.1, 0.15) is 12.1 Å². The van der Waals surface area contributed by atoms with Gasteiger partial charge in [-0.2, -0.15) is 8.42 Å². The Morgan fingerprint density at radius 1 is 1.38 bits per heavy atom. The number of rotatable bonds is 3. The molecular formula is C10H19N7O6S. The molecule has 0 aliphatic carbocycles. The summed E-state index contributed by atoms with van der Waals surface area (Å²) in [7, 11) is -4.51. The van der Waals surface area contributed by atoms with E-state index in [1.807, 2.05) is 0 Å². The zero-order valence-corrected chi connectivity index (χ0v) is 13.4. The molecule has 0 saturated carbocycles. The minimum atomic E-state index is -4.51. The average Bonchev–Trinajstić information content (AvgIpc) is 2.86. The fourth-order valence-corrected chi connectivity index (χ4v) is 4.32. The van der Waals surface area contributed by atoms with Crippen molar-refractivity contribution in [2.24, 2.45) is 26.6 Å². The summed E-state index contributed by atoms with van der Waals surface area (Å²) in [5.74, 6) is -3.14. The Hall–Kier alpha value is -1.71. The van der Waals surface area contributed by atoms with Crippen LogP contribution in [0.5, 0.6) is 0 Å². The Bertz CT molecular complexity index is 723. The molecule has 1 fully saturated rings. The number of nitrogens with zero attached hydrogens (tertiary/aromatic N) is 3. The molecule has 5 atom stereocenters. The molecule has 13 nitrogen and oxygen atoms in total. The van der Waals surface area contributed by atoms with Crippen molar-refractivity contribution >= 4 is 22.2 Å². The Labute approximate surface area is 137 Å². The van der Waals surface area contributed by atoms with E-state index in [2.05, 4.69) is 19.5 Å². The van der Waals surface area contributed by atoms with Gasteiger partial charge in [-0.05, 0) is 6.92 Å². The summed E-state index contributed by atoms with van der Waals surface area (Å²) < 4.78 is 27.3.